The van der Waals surface area contributed by atoms with Gasteiger partial charge in [-0.25, -0.2) is 15.0 Å². The van der Waals surface area contributed by atoms with Gasteiger partial charge in [0.25, 0.3) is 0 Å². The summed E-state index contributed by atoms with van der Waals surface area (Å²) in [7, 11) is 3.77. The standard InChI is InChI=1S/C12H17N5O3/c1-16(2)11-10-12(14-5-13-11)17(6-15-10)9-3-7(19)8(4-18)20-9/h5-9,18-19H,3-4H2,1-2H3/t7-,8+,9+/m0/s1. The lowest BCUT2D eigenvalue weighted by molar-refractivity contribution is -0.0432. The molecule has 0 bridgehead atoms. The lowest BCUT2D eigenvalue weighted by Crippen LogP contribution is -2.24. The van der Waals surface area contributed by atoms with Crippen molar-refractivity contribution < 1.29 is 14.9 Å². The van der Waals surface area contributed by atoms with E-state index in [-0.39, 0.29) is 12.8 Å². The Hall–Kier alpha value is -1.77. The third-order valence-corrected chi connectivity index (χ3v) is 3.46. The van der Waals surface area contributed by atoms with E-state index >= 15 is 0 Å². The Kier molecular flexibility index (Phi) is 3.28. The quantitative estimate of drug-likeness (QED) is 0.784. The molecule has 20 heavy (non-hydrogen) atoms. The van der Waals surface area contributed by atoms with Crippen molar-refractivity contribution in [1.29, 1.82) is 0 Å². The first kappa shape index (κ1) is 13.2. The van der Waals surface area contributed by atoms with Crippen molar-refractivity contribution in [1.82, 2.24) is 19.5 Å². The van der Waals surface area contributed by atoms with Gasteiger partial charge in [-0.2, -0.15) is 0 Å². The second-order valence-electron chi connectivity index (χ2n) is 5.03. The summed E-state index contributed by atoms with van der Waals surface area (Å²) >= 11 is 0. The van der Waals surface area contributed by atoms with Crippen LogP contribution in [0.5, 0.6) is 0 Å². The predicted molar refractivity (Wildman–Crippen MR) is 71.3 cm³/mol. The highest BCUT2D eigenvalue weighted by Gasteiger charge is 2.35. The zero-order valence-corrected chi connectivity index (χ0v) is 11.3. The summed E-state index contributed by atoms with van der Waals surface area (Å²) in [5, 5.41) is 19.0. The average Bonchev–Trinajstić information content (AvgIpc) is 3.01. The molecule has 8 nitrogen and oxygen atoms in total. The summed E-state index contributed by atoms with van der Waals surface area (Å²) in [6.07, 6.45) is 1.88. The Morgan fingerprint density at radius 2 is 2.20 bits per heavy atom. The number of aliphatic hydroxyl groups is 2. The molecule has 2 N–H and O–H groups in total. The molecule has 3 heterocycles. The second kappa shape index (κ2) is 4.97. The molecule has 8 heteroatoms. The molecule has 1 saturated heterocycles. The van der Waals surface area contributed by atoms with Crippen LogP contribution in [0.4, 0.5) is 5.82 Å². The first-order chi connectivity index (χ1) is 9.61. The Bertz CT molecular complexity index is 614. The molecule has 0 saturated carbocycles. The van der Waals surface area contributed by atoms with Gasteiger partial charge < -0.3 is 19.8 Å². The fourth-order valence-corrected chi connectivity index (χ4v) is 2.43. The highest BCUT2D eigenvalue weighted by Crippen LogP contribution is 2.31. The number of fused-ring (bicyclic) bond motifs is 1. The van der Waals surface area contributed by atoms with Crippen molar-refractivity contribution in [2.45, 2.75) is 24.9 Å². The summed E-state index contributed by atoms with van der Waals surface area (Å²) in [4.78, 5) is 14.6. The minimum Gasteiger partial charge on any atom is -0.394 e. The van der Waals surface area contributed by atoms with E-state index in [1.165, 1.54) is 6.33 Å². The summed E-state index contributed by atoms with van der Waals surface area (Å²) in [5.74, 6) is 0.728. The maximum Gasteiger partial charge on any atom is 0.167 e. The lowest BCUT2D eigenvalue weighted by Gasteiger charge is -2.14. The van der Waals surface area contributed by atoms with Crippen molar-refractivity contribution in [2.24, 2.45) is 0 Å². The fourth-order valence-electron chi connectivity index (χ4n) is 2.43. The summed E-state index contributed by atoms with van der Waals surface area (Å²) < 4.78 is 7.39. The van der Waals surface area contributed by atoms with E-state index in [1.54, 1.807) is 10.9 Å². The smallest absolute Gasteiger partial charge is 0.167 e. The summed E-state index contributed by atoms with van der Waals surface area (Å²) in [5.41, 5.74) is 1.34. The van der Waals surface area contributed by atoms with Gasteiger partial charge in [0.2, 0.25) is 0 Å². The van der Waals surface area contributed by atoms with Crippen molar-refractivity contribution in [3.63, 3.8) is 0 Å². The van der Waals surface area contributed by atoms with E-state index in [9.17, 15) is 5.11 Å². The summed E-state index contributed by atoms with van der Waals surface area (Å²) in [6.45, 7) is -0.206. The first-order valence-corrected chi connectivity index (χ1v) is 6.41. The van der Waals surface area contributed by atoms with Crippen LogP contribution in [0.1, 0.15) is 12.6 Å². The van der Waals surface area contributed by atoms with E-state index in [2.05, 4.69) is 15.0 Å². The predicted octanol–water partition coefficient (Wildman–Crippen LogP) is -0.467. The van der Waals surface area contributed by atoms with Crippen LogP contribution in [0.2, 0.25) is 0 Å². The van der Waals surface area contributed by atoms with Gasteiger partial charge in [0.05, 0.1) is 19.0 Å². The molecule has 2 aromatic rings. The van der Waals surface area contributed by atoms with Crippen LogP contribution in [0.15, 0.2) is 12.7 Å². The number of aliphatic hydroxyl groups excluding tert-OH is 2. The lowest BCUT2D eigenvalue weighted by atomic mass is 10.2. The zero-order chi connectivity index (χ0) is 14.3. The Balaban J connectivity index is 2.00. The van der Waals surface area contributed by atoms with Crippen LogP contribution in [-0.4, -0.2) is 62.6 Å². The molecule has 0 radical (unpaired) electrons. The van der Waals surface area contributed by atoms with Crippen LogP contribution < -0.4 is 4.90 Å². The summed E-state index contributed by atoms with van der Waals surface area (Å²) in [6, 6.07) is 0. The molecule has 108 valence electrons. The highest BCUT2D eigenvalue weighted by molar-refractivity contribution is 5.83. The average molecular weight is 279 g/mol. The minimum absolute atomic E-state index is 0.206. The van der Waals surface area contributed by atoms with Gasteiger partial charge in [-0.3, -0.25) is 4.57 Å². The second-order valence-corrected chi connectivity index (χ2v) is 5.03. The molecular formula is C12H17N5O3. The van der Waals surface area contributed by atoms with Crippen molar-refractivity contribution in [3.8, 4) is 0 Å². The Morgan fingerprint density at radius 3 is 2.85 bits per heavy atom. The third-order valence-electron chi connectivity index (χ3n) is 3.46. The van der Waals surface area contributed by atoms with Crippen LogP contribution in [0, 0.1) is 0 Å². The normalized spacial score (nSPS) is 26.3. The number of imidazole rings is 1. The number of ether oxygens (including phenoxy) is 1. The Labute approximate surface area is 115 Å². The molecule has 1 aliphatic rings. The molecule has 3 rings (SSSR count). The Morgan fingerprint density at radius 1 is 1.40 bits per heavy atom. The largest absolute Gasteiger partial charge is 0.394 e. The molecule has 0 unspecified atom stereocenters. The van der Waals surface area contributed by atoms with Crippen LogP contribution >= 0.6 is 0 Å². The van der Waals surface area contributed by atoms with Gasteiger partial charge in [-0.05, 0) is 0 Å². The fraction of sp³-hybridized carbons (Fsp3) is 0.583. The van der Waals surface area contributed by atoms with Gasteiger partial charge in [-0.1, -0.05) is 0 Å². The van der Waals surface area contributed by atoms with Gasteiger partial charge in [0.1, 0.15) is 18.7 Å². The van der Waals surface area contributed by atoms with Crippen molar-refractivity contribution in [2.75, 3.05) is 25.6 Å². The van der Waals surface area contributed by atoms with E-state index in [4.69, 9.17) is 9.84 Å². The van der Waals surface area contributed by atoms with Crippen LogP contribution in [-0.2, 0) is 4.74 Å². The molecule has 0 amide bonds. The van der Waals surface area contributed by atoms with Crippen LogP contribution in [0.3, 0.4) is 0 Å². The first-order valence-electron chi connectivity index (χ1n) is 6.41. The number of hydrogen-bond donors (Lipinski definition) is 2. The van der Waals surface area contributed by atoms with Crippen LogP contribution in [0.25, 0.3) is 11.2 Å². The molecule has 1 aliphatic heterocycles. The number of nitrogens with zero attached hydrogens (tertiary/aromatic N) is 5. The molecule has 1 fully saturated rings. The van der Waals surface area contributed by atoms with Crippen molar-refractivity contribution >= 4 is 17.0 Å². The van der Waals surface area contributed by atoms with Crippen molar-refractivity contribution in [3.05, 3.63) is 12.7 Å². The third kappa shape index (κ3) is 2.01. The van der Waals surface area contributed by atoms with Gasteiger partial charge >= 0.3 is 0 Å². The van der Waals surface area contributed by atoms with Gasteiger partial charge in [-0.15, -0.1) is 0 Å². The minimum atomic E-state index is -0.683. The van der Waals surface area contributed by atoms with E-state index in [0.717, 1.165) is 5.82 Å². The topological polar surface area (TPSA) is 96.5 Å². The van der Waals surface area contributed by atoms with Gasteiger partial charge in [0, 0.05) is 20.5 Å². The number of anilines is 1. The molecule has 0 aromatic carbocycles. The highest BCUT2D eigenvalue weighted by atomic mass is 16.5. The molecule has 0 spiro atoms. The molecule has 2 aromatic heterocycles. The van der Waals surface area contributed by atoms with E-state index < -0.39 is 12.2 Å². The molecule has 3 atom stereocenters. The van der Waals surface area contributed by atoms with E-state index in [0.29, 0.717) is 17.6 Å². The van der Waals surface area contributed by atoms with E-state index in [1.807, 2.05) is 19.0 Å². The number of rotatable bonds is 3. The SMILES string of the molecule is CN(C)c1ncnc2c1ncn2[C@H]1C[C@H](O)[C@@H](CO)O1. The monoisotopic (exact) mass is 279 g/mol. The molecular weight excluding hydrogens is 262 g/mol. The maximum atomic E-state index is 9.81. The zero-order valence-electron chi connectivity index (χ0n) is 11.3. The molecule has 0 aliphatic carbocycles. The number of aromatic nitrogens is 4. The van der Waals surface area contributed by atoms with Gasteiger partial charge in [0.15, 0.2) is 17.0 Å². The number of hydrogen-bond acceptors (Lipinski definition) is 7. The maximum absolute atomic E-state index is 9.81.